The Bertz CT molecular complexity index is 1250. The van der Waals surface area contributed by atoms with Gasteiger partial charge in [0.25, 0.3) is 0 Å². The molecular weight excluding hydrogens is 512 g/mol. The van der Waals surface area contributed by atoms with Crippen molar-refractivity contribution >= 4 is 16.7 Å². The molecule has 2 saturated heterocycles. The number of aliphatic hydroxyl groups excluding tert-OH is 3. The van der Waals surface area contributed by atoms with Gasteiger partial charge in [-0.1, -0.05) is 5.16 Å². The Kier molecular flexibility index (Phi) is 8.84. The maximum absolute atomic E-state index is 12.9. The average molecular weight is 551 g/mol. The van der Waals surface area contributed by atoms with Crippen molar-refractivity contribution in [3.05, 3.63) is 33.7 Å². The summed E-state index contributed by atoms with van der Waals surface area (Å²) in [6.45, 7) is 9.09. The lowest BCUT2D eigenvalue weighted by Crippen LogP contribution is -2.63. The molecule has 0 unspecified atom stereocenters. The van der Waals surface area contributed by atoms with Gasteiger partial charge in [-0.3, -0.25) is 4.90 Å². The molecule has 4 N–H and O–H groups in total. The van der Waals surface area contributed by atoms with Crippen LogP contribution in [0.2, 0.25) is 0 Å². The Labute approximate surface area is 226 Å². The van der Waals surface area contributed by atoms with E-state index in [0.717, 1.165) is 25.9 Å². The Morgan fingerprint density at radius 1 is 1.18 bits per heavy atom. The number of likely N-dealkylation sites (tertiary alicyclic amines) is 1. The molecule has 1 aromatic heterocycles. The van der Waals surface area contributed by atoms with Gasteiger partial charge in [-0.15, -0.1) is 0 Å². The zero-order valence-electron chi connectivity index (χ0n) is 22.9. The number of aliphatic hydroxyl groups is 3. The van der Waals surface area contributed by atoms with Gasteiger partial charge >= 0.3 is 5.63 Å². The lowest BCUT2D eigenvalue weighted by molar-refractivity contribution is -0.306. The first-order chi connectivity index (χ1) is 18.4. The van der Waals surface area contributed by atoms with Crippen molar-refractivity contribution in [2.45, 2.75) is 76.8 Å². The van der Waals surface area contributed by atoms with Gasteiger partial charge in [-0.05, 0) is 52.7 Å². The smallest absolute Gasteiger partial charge is 0.349 e. The number of oxime groups is 1. The molecule has 4 atom stereocenters. The standard InChI is InChI=1S/C27H38N2O10/c1-14-18(37-26-22(33)21(32)24(35-5)27(3,4)39-26)7-6-17-20(31)19(25(34)38-23(14)17)15(2)28-36-13-12-29-10-8-16(30)9-11-29/h6-7,16,21-22,24,26,30-33H,8-13H2,1-5H3/t21-,22+,24+,26+/m0/s1. The molecule has 0 bridgehead atoms. The van der Waals surface area contributed by atoms with Crippen LogP contribution in [0, 0.1) is 6.92 Å². The summed E-state index contributed by atoms with van der Waals surface area (Å²) < 4.78 is 22.6. The Hall–Kier alpha value is -2.74. The number of hydrogen-bond acceptors (Lipinski definition) is 12. The predicted octanol–water partition coefficient (Wildman–Crippen LogP) is 1.25. The van der Waals surface area contributed by atoms with E-state index in [2.05, 4.69) is 10.1 Å². The summed E-state index contributed by atoms with van der Waals surface area (Å²) in [5.74, 6) is -0.0705. The highest BCUT2D eigenvalue weighted by Gasteiger charge is 2.50. The Morgan fingerprint density at radius 2 is 1.87 bits per heavy atom. The number of benzene rings is 1. The summed E-state index contributed by atoms with van der Waals surface area (Å²) in [6, 6.07) is 3.07. The largest absolute Gasteiger partial charge is 0.506 e. The third-order valence-corrected chi connectivity index (χ3v) is 7.41. The van der Waals surface area contributed by atoms with Crippen molar-refractivity contribution in [3.8, 4) is 11.5 Å². The molecular formula is C27H38N2O10. The van der Waals surface area contributed by atoms with E-state index in [0.29, 0.717) is 18.7 Å². The van der Waals surface area contributed by atoms with E-state index in [1.54, 1.807) is 33.8 Å². The number of ether oxygens (including phenoxy) is 3. The van der Waals surface area contributed by atoms with Crippen LogP contribution in [0.5, 0.6) is 11.5 Å². The van der Waals surface area contributed by atoms with Gasteiger partial charge in [-0.25, -0.2) is 4.79 Å². The zero-order chi connectivity index (χ0) is 28.5. The number of aromatic hydroxyl groups is 1. The van der Waals surface area contributed by atoms with Crippen LogP contribution in [0.1, 0.15) is 44.7 Å². The number of rotatable bonds is 8. The molecule has 2 fully saturated rings. The molecule has 4 rings (SSSR count). The van der Waals surface area contributed by atoms with Crippen LogP contribution in [0.4, 0.5) is 0 Å². The van der Waals surface area contributed by atoms with Gasteiger partial charge in [-0.2, -0.15) is 0 Å². The van der Waals surface area contributed by atoms with Gasteiger partial charge < -0.3 is 43.9 Å². The second-order valence-corrected chi connectivity index (χ2v) is 10.6. The third-order valence-electron chi connectivity index (χ3n) is 7.41. The maximum atomic E-state index is 12.9. The fourth-order valence-corrected chi connectivity index (χ4v) is 5.14. The zero-order valence-corrected chi connectivity index (χ0v) is 22.9. The minimum atomic E-state index is -1.40. The van der Waals surface area contributed by atoms with Crippen molar-refractivity contribution in [1.82, 2.24) is 4.90 Å². The van der Waals surface area contributed by atoms with Gasteiger partial charge in [0, 0.05) is 32.3 Å². The van der Waals surface area contributed by atoms with E-state index in [9.17, 15) is 25.2 Å². The molecule has 2 aromatic rings. The van der Waals surface area contributed by atoms with E-state index in [1.807, 2.05) is 0 Å². The van der Waals surface area contributed by atoms with E-state index >= 15 is 0 Å². The summed E-state index contributed by atoms with van der Waals surface area (Å²) in [5.41, 5.74) is -1.22. The minimum Gasteiger partial charge on any atom is -0.506 e. The molecule has 39 heavy (non-hydrogen) atoms. The topological polar surface area (TPSA) is 164 Å². The SMILES string of the molecule is CO[C@@H]1[C@@H](O)[C@@H](O)[C@H](Oc2ccc3c(O)c(C(C)=NOCCN4CCC(O)CC4)c(=O)oc3c2C)OC1(C)C. The first-order valence-corrected chi connectivity index (χ1v) is 13.0. The van der Waals surface area contributed by atoms with Crippen molar-refractivity contribution in [2.75, 3.05) is 33.4 Å². The summed E-state index contributed by atoms with van der Waals surface area (Å²) >= 11 is 0. The van der Waals surface area contributed by atoms with Crippen LogP contribution >= 0.6 is 0 Å². The fraction of sp³-hybridized carbons (Fsp3) is 0.630. The molecule has 0 spiro atoms. The van der Waals surface area contributed by atoms with Crippen LogP contribution in [0.3, 0.4) is 0 Å². The molecule has 12 nitrogen and oxygen atoms in total. The molecule has 0 amide bonds. The average Bonchev–Trinajstić information content (AvgIpc) is 2.88. The van der Waals surface area contributed by atoms with E-state index in [1.165, 1.54) is 13.2 Å². The van der Waals surface area contributed by atoms with Crippen LogP contribution in [0.15, 0.2) is 26.5 Å². The first kappa shape index (κ1) is 29.2. The number of piperidine rings is 1. The third kappa shape index (κ3) is 6.06. The lowest BCUT2D eigenvalue weighted by atomic mass is 9.89. The van der Waals surface area contributed by atoms with E-state index in [4.69, 9.17) is 23.5 Å². The highest BCUT2D eigenvalue weighted by Crippen LogP contribution is 2.37. The summed E-state index contributed by atoms with van der Waals surface area (Å²) in [5, 5.41) is 45.9. The van der Waals surface area contributed by atoms with Crippen molar-refractivity contribution in [3.63, 3.8) is 0 Å². The van der Waals surface area contributed by atoms with Crippen molar-refractivity contribution in [2.24, 2.45) is 5.16 Å². The number of methoxy groups -OCH3 is 1. The monoisotopic (exact) mass is 550 g/mol. The van der Waals surface area contributed by atoms with Crippen molar-refractivity contribution < 1.29 is 43.9 Å². The Morgan fingerprint density at radius 3 is 2.54 bits per heavy atom. The molecule has 2 aliphatic rings. The molecule has 1 aromatic carbocycles. The number of fused-ring (bicyclic) bond motifs is 1. The fourth-order valence-electron chi connectivity index (χ4n) is 5.14. The molecule has 2 aliphatic heterocycles. The number of aryl methyl sites for hydroxylation is 1. The molecule has 0 radical (unpaired) electrons. The maximum Gasteiger partial charge on any atom is 0.349 e. The van der Waals surface area contributed by atoms with E-state index < -0.39 is 35.8 Å². The minimum absolute atomic E-state index is 0.0969. The highest BCUT2D eigenvalue weighted by molar-refractivity contribution is 6.04. The summed E-state index contributed by atoms with van der Waals surface area (Å²) in [6.07, 6.45) is -3.46. The molecule has 0 saturated carbocycles. The highest BCUT2D eigenvalue weighted by atomic mass is 16.7. The second kappa shape index (κ2) is 11.8. The van der Waals surface area contributed by atoms with Crippen LogP contribution < -0.4 is 10.4 Å². The molecule has 3 heterocycles. The van der Waals surface area contributed by atoms with Gasteiger partial charge in [0.2, 0.25) is 6.29 Å². The van der Waals surface area contributed by atoms with E-state index in [-0.39, 0.29) is 39.8 Å². The normalized spacial score (nSPS) is 26.6. The number of nitrogens with zero attached hydrogens (tertiary/aromatic N) is 2. The first-order valence-electron chi connectivity index (χ1n) is 13.0. The number of hydrogen-bond donors (Lipinski definition) is 4. The molecule has 0 aliphatic carbocycles. The molecule has 12 heteroatoms. The van der Waals surface area contributed by atoms with Crippen LogP contribution in [-0.4, -0.2) is 101 Å². The van der Waals surface area contributed by atoms with Crippen LogP contribution in [-0.2, 0) is 14.3 Å². The predicted molar refractivity (Wildman–Crippen MR) is 141 cm³/mol. The van der Waals surface area contributed by atoms with Gasteiger partial charge in [0.15, 0.2) is 0 Å². The van der Waals surface area contributed by atoms with Crippen molar-refractivity contribution in [1.29, 1.82) is 0 Å². The van der Waals surface area contributed by atoms with Gasteiger partial charge in [0.05, 0.1) is 22.8 Å². The second-order valence-electron chi connectivity index (χ2n) is 10.6. The lowest BCUT2D eigenvalue weighted by Gasteiger charge is -2.46. The van der Waals surface area contributed by atoms with Gasteiger partial charge in [0.1, 0.15) is 47.6 Å². The van der Waals surface area contributed by atoms with Crippen LogP contribution in [0.25, 0.3) is 11.0 Å². The summed E-state index contributed by atoms with van der Waals surface area (Å²) in [7, 11) is 1.42. The quantitative estimate of drug-likeness (QED) is 0.162. The Balaban J connectivity index is 1.51. The summed E-state index contributed by atoms with van der Waals surface area (Å²) in [4.78, 5) is 20.4. The molecule has 216 valence electrons.